The van der Waals surface area contributed by atoms with Crippen LogP contribution in [-0.2, 0) is 36.8 Å². The predicted octanol–water partition coefficient (Wildman–Crippen LogP) is 5.15. The van der Waals surface area contributed by atoms with E-state index in [1.807, 2.05) is 30.3 Å². The minimum atomic E-state index is -1.44. The molecule has 0 bridgehead atoms. The first-order chi connectivity index (χ1) is 20.1. The highest BCUT2D eigenvalue weighted by molar-refractivity contribution is 6.76. The molecular formula is C31H44N2O9Si. The molecule has 0 saturated carbocycles. The van der Waals surface area contributed by atoms with Crippen LogP contribution in [0.1, 0.15) is 38.3 Å². The van der Waals surface area contributed by atoms with E-state index in [9.17, 15) is 24.3 Å². The summed E-state index contributed by atoms with van der Waals surface area (Å²) in [6, 6.07) is 14.6. The van der Waals surface area contributed by atoms with Crippen molar-refractivity contribution < 1.29 is 43.2 Å². The summed E-state index contributed by atoms with van der Waals surface area (Å²) in [7, 11) is -1.44. The normalized spacial score (nSPS) is 12.8. The van der Waals surface area contributed by atoms with Gasteiger partial charge in [-0.2, -0.15) is 0 Å². The number of benzene rings is 2. The minimum absolute atomic E-state index is 0.0115. The van der Waals surface area contributed by atoms with E-state index in [-0.39, 0.29) is 32.7 Å². The first-order valence-electron chi connectivity index (χ1n) is 14.2. The van der Waals surface area contributed by atoms with Crippen LogP contribution < -0.4 is 15.4 Å². The van der Waals surface area contributed by atoms with Gasteiger partial charge in [-0.15, -0.1) is 0 Å². The molecule has 0 spiro atoms. The maximum atomic E-state index is 13.0. The molecule has 0 aliphatic heterocycles. The minimum Gasteiger partial charge on any atom is -0.493 e. The molecular weight excluding hydrogens is 572 g/mol. The van der Waals surface area contributed by atoms with Gasteiger partial charge in [0.2, 0.25) is 0 Å². The molecule has 2 aromatic carbocycles. The Kier molecular flexibility index (Phi) is 13.5. The van der Waals surface area contributed by atoms with Crippen LogP contribution in [0.2, 0.25) is 25.7 Å². The van der Waals surface area contributed by atoms with Crippen molar-refractivity contribution in [2.75, 3.05) is 13.2 Å². The Morgan fingerprint density at radius 3 is 2.12 bits per heavy atom. The highest BCUT2D eigenvalue weighted by Crippen LogP contribution is 2.17. The summed E-state index contributed by atoms with van der Waals surface area (Å²) in [4.78, 5) is 49.2. The number of alkyl carbamates (subject to hydrolysis) is 2. The zero-order chi connectivity index (χ0) is 32.0. The number of hydrogen-bond acceptors (Lipinski definition) is 8. The lowest BCUT2D eigenvalue weighted by Gasteiger charge is -2.22. The van der Waals surface area contributed by atoms with Crippen molar-refractivity contribution in [1.29, 1.82) is 0 Å². The van der Waals surface area contributed by atoms with Gasteiger partial charge in [-0.05, 0) is 50.1 Å². The summed E-state index contributed by atoms with van der Waals surface area (Å²) in [5.74, 6) is -1.36. The van der Waals surface area contributed by atoms with Crippen molar-refractivity contribution in [3.05, 3.63) is 65.7 Å². The van der Waals surface area contributed by atoms with Crippen LogP contribution in [0.5, 0.6) is 5.75 Å². The molecule has 0 unspecified atom stereocenters. The van der Waals surface area contributed by atoms with Gasteiger partial charge < -0.3 is 34.7 Å². The lowest BCUT2D eigenvalue weighted by molar-refractivity contribution is -0.145. The van der Waals surface area contributed by atoms with Crippen molar-refractivity contribution in [3.63, 3.8) is 0 Å². The van der Waals surface area contributed by atoms with Crippen LogP contribution in [-0.4, -0.2) is 68.2 Å². The van der Waals surface area contributed by atoms with Crippen LogP contribution in [0.25, 0.3) is 0 Å². The summed E-state index contributed by atoms with van der Waals surface area (Å²) in [6.45, 7) is 11.9. The molecule has 12 heteroatoms. The van der Waals surface area contributed by atoms with Crippen LogP contribution in [0.15, 0.2) is 54.6 Å². The maximum Gasteiger partial charge on any atom is 0.408 e. The number of nitrogens with one attached hydrogen (secondary N) is 2. The fourth-order valence-electron chi connectivity index (χ4n) is 3.66. The highest BCUT2D eigenvalue weighted by atomic mass is 28.3. The zero-order valence-corrected chi connectivity index (χ0v) is 26.8. The van der Waals surface area contributed by atoms with E-state index in [2.05, 4.69) is 30.3 Å². The third-order valence-electron chi connectivity index (χ3n) is 5.89. The monoisotopic (exact) mass is 616 g/mol. The molecule has 2 rings (SSSR count). The largest absolute Gasteiger partial charge is 0.493 e. The zero-order valence-electron chi connectivity index (χ0n) is 25.8. The summed E-state index contributed by atoms with van der Waals surface area (Å²) in [6.07, 6.45) is -1.49. The van der Waals surface area contributed by atoms with Gasteiger partial charge >= 0.3 is 24.1 Å². The van der Waals surface area contributed by atoms with E-state index in [0.717, 1.165) is 11.6 Å². The first kappa shape index (κ1) is 35.1. The Morgan fingerprint density at radius 2 is 1.49 bits per heavy atom. The van der Waals surface area contributed by atoms with Gasteiger partial charge in [0.05, 0.1) is 13.2 Å². The van der Waals surface area contributed by atoms with Crippen molar-refractivity contribution >= 4 is 32.2 Å². The predicted molar refractivity (Wildman–Crippen MR) is 164 cm³/mol. The molecule has 0 aliphatic carbocycles. The third-order valence-corrected chi connectivity index (χ3v) is 7.59. The molecule has 0 radical (unpaired) electrons. The second-order valence-corrected chi connectivity index (χ2v) is 17.9. The summed E-state index contributed by atoms with van der Waals surface area (Å²) >= 11 is 0. The van der Waals surface area contributed by atoms with Gasteiger partial charge in [-0.25, -0.2) is 19.2 Å². The average Bonchev–Trinajstić information content (AvgIpc) is 2.90. The molecule has 0 aromatic heterocycles. The number of amides is 2. The lowest BCUT2D eigenvalue weighted by atomic mass is 10.1. The molecule has 43 heavy (non-hydrogen) atoms. The summed E-state index contributed by atoms with van der Waals surface area (Å²) in [5.41, 5.74) is 0.716. The Bertz CT molecular complexity index is 1210. The fourth-order valence-corrected chi connectivity index (χ4v) is 4.37. The van der Waals surface area contributed by atoms with E-state index in [1.165, 1.54) is 0 Å². The fraction of sp³-hybridized carbons (Fsp3) is 0.484. The van der Waals surface area contributed by atoms with E-state index in [0.29, 0.717) is 11.3 Å². The lowest BCUT2D eigenvalue weighted by Crippen LogP contribution is -2.44. The van der Waals surface area contributed by atoms with Gasteiger partial charge in [0.15, 0.2) is 0 Å². The van der Waals surface area contributed by atoms with Gasteiger partial charge in [0.1, 0.15) is 30.0 Å². The Morgan fingerprint density at radius 1 is 0.837 bits per heavy atom. The molecule has 2 atom stereocenters. The molecule has 0 aliphatic rings. The van der Waals surface area contributed by atoms with Crippen LogP contribution in [0, 0.1) is 0 Å². The second-order valence-electron chi connectivity index (χ2n) is 12.3. The highest BCUT2D eigenvalue weighted by Gasteiger charge is 2.26. The number of carbonyl (C=O) groups is 4. The number of hydrogen-bond donors (Lipinski definition) is 3. The standard InChI is InChI=1S/C31H44N2O9Si/c1-31(2,3)42-30(38)32-25(27(34)35)15-16-39-24-14-10-13-23(19-24)20-26(28(36)40-17-18-43(4,5)6)33-29(37)41-21-22-11-8-7-9-12-22/h7-14,19,25-26H,15-18,20-21H2,1-6H3,(H,32,38)(H,33,37)(H,34,35)/t25-,26-/m0/s1. The van der Waals surface area contributed by atoms with Crippen molar-refractivity contribution in [3.8, 4) is 5.75 Å². The first-order valence-corrected chi connectivity index (χ1v) is 17.9. The van der Waals surface area contributed by atoms with Gasteiger partial charge in [0, 0.05) is 20.9 Å². The molecule has 0 fully saturated rings. The van der Waals surface area contributed by atoms with Crippen molar-refractivity contribution in [1.82, 2.24) is 10.6 Å². The summed E-state index contributed by atoms with van der Waals surface area (Å²) in [5, 5.41) is 14.4. The number of esters is 1. The molecule has 2 amide bonds. The number of carbonyl (C=O) groups excluding carboxylic acids is 3. The van der Waals surface area contributed by atoms with E-state index in [1.54, 1.807) is 45.0 Å². The number of aliphatic carboxylic acids is 1. The molecule has 3 N–H and O–H groups in total. The second kappa shape index (κ2) is 16.5. The number of rotatable bonds is 15. The van der Waals surface area contributed by atoms with Crippen molar-refractivity contribution in [2.24, 2.45) is 0 Å². The SMILES string of the molecule is CC(C)(C)OC(=O)N[C@@H](CCOc1cccc(C[C@H](NC(=O)OCc2ccccc2)C(=O)OCC[Si](C)(C)C)c1)C(=O)O. The Balaban J connectivity index is 2.02. The summed E-state index contributed by atoms with van der Waals surface area (Å²) < 4.78 is 21.7. The van der Waals surface area contributed by atoms with Crippen LogP contribution in [0.4, 0.5) is 9.59 Å². The van der Waals surface area contributed by atoms with Gasteiger partial charge in [-0.1, -0.05) is 62.1 Å². The molecule has 0 heterocycles. The van der Waals surface area contributed by atoms with Gasteiger partial charge in [-0.3, -0.25) is 0 Å². The third kappa shape index (κ3) is 15.1. The average molecular weight is 617 g/mol. The number of carboxylic acids is 1. The number of ether oxygens (including phenoxy) is 4. The van der Waals surface area contributed by atoms with Crippen LogP contribution in [0.3, 0.4) is 0 Å². The van der Waals surface area contributed by atoms with Gasteiger partial charge in [0.25, 0.3) is 0 Å². The van der Waals surface area contributed by atoms with Crippen LogP contribution >= 0.6 is 0 Å². The number of carboxylic acid groups (broad SMARTS) is 1. The molecule has 2 aromatic rings. The van der Waals surface area contributed by atoms with E-state index in [4.69, 9.17) is 18.9 Å². The van der Waals surface area contributed by atoms with Crippen molar-refractivity contribution in [2.45, 2.75) is 83.6 Å². The smallest absolute Gasteiger partial charge is 0.408 e. The molecule has 11 nitrogen and oxygen atoms in total. The quantitative estimate of drug-likeness (QED) is 0.140. The molecule has 236 valence electrons. The van der Waals surface area contributed by atoms with E-state index >= 15 is 0 Å². The van der Waals surface area contributed by atoms with E-state index < -0.39 is 49.9 Å². The Labute approximate surface area is 254 Å². The molecule has 0 saturated heterocycles. The maximum absolute atomic E-state index is 13.0. The topological polar surface area (TPSA) is 149 Å². The Hall–Kier alpha value is -4.06.